The Labute approximate surface area is 125 Å². The second-order valence-electron chi connectivity index (χ2n) is 4.60. The summed E-state index contributed by atoms with van der Waals surface area (Å²) in [5.74, 6) is 1.72. The van der Waals surface area contributed by atoms with E-state index in [1.165, 1.54) is 5.56 Å². The molecule has 0 radical (unpaired) electrons. The molecule has 2 aromatic carbocycles. The minimum atomic E-state index is 0.689. The van der Waals surface area contributed by atoms with Gasteiger partial charge >= 0.3 is 0 Å². The second kappa shape index (κ2) is 7.32. The fourth-order valence-electron chi connectivity index (χ4n) is 2.04. The Hall–Kier alpha value is -1.51. The predicted molar refractivity (Wildman–Crippen MR) is 84.7 cm³/mol. The maximum Gasteiger partial charge on any atom is 0.133 e. The van der Waals surface area contributed by atoms with Gasteiger partial charge in [0.15, 0.2) is 0 Å². The van der Waals surface area contributed by atoms with E-state index >= 15 is 0 Å². The van der Waals surface area contributed by atoms with E-state index in [-0.39, 0.29) is 0 Å². The minimum absolute atomic E-state index is 0.689. The maximum absolute atomic E-state index is 6.09. The van der Waals surface area contributed by atoms with Crippen LogP contribution in [0.4, 0.5) is 0 Å². The summed E-state index contributed by atoms with van der Waals surface area (Å²) >= 11 is 6.09. The van der Waals surface area contributed by atoms with E-state index in [2.05, 4.69) is 25.2 Å². The first-order valence-corrected chi connectivity index (χ1v) is 7.37. The summed E-state index contributed by atoms with van der Waals surface area (Å²) in [6.45, 7) is 5.91. The summed E-state index contributed by atoms with van der Waals surface area (Å²) in [6, 6.07) is 13.9. The normalized spacial score (nSPS) is 10.6. The van der Waals surface area contributed by atoms with Crippen molar-refractivity contribution in [2.75, 3.05) is 6.54 Å². The van der Waals surface area contributed by atoms with Crippen LogP contribution in [0.2, 0.25) is 5.02 Å². The summed E-state index contributed by atoms with van der Waals surface area (Å²) in [4.78, 5) is 0. The first kappa shape index (κ1) is 14.9. The zero-order chi connectivity index (χ0) is 14.4. The quantitative estimate of drug-likeness (QED) is 0.824. The van der Waals surface area contributed by atoms with Crippen LogP contribution in [0.1, 0.15) is 25.0 Å². The number of nitrogens with one attached hydrogen (secondary N) is 1. The predicted octanol–water partition coefficient (Wildman–Crippen LogP) is 4.80. The Bertz CT molecular complexity index is 569. The number of rotatable bonds is 6. The summed E-state index contributed by atoms with van der Waals surface area (Å²) in [7, 11) is 0. The molecule has 2 nitrogen and oxygen atoms in total. The lowest BCUT2D eigenvalue weighted by molar-refractivity contribution is 0.468. The lowest BCUT2D eigenvalue weighted by Gasteiger charge is -2.14. The van der Waals surface area contributed by atoms with Crippen LogP contribution in [0, 0.1) is 0 Å². The van der Waals surface area contributed by atoms with Gasteiger partial charge in [-0.1, -0.05) is 49.7 Å². The smallest absolute Gasteiger partial charge is 0.133 e. The molecule has 0 aliphatic heterocycles. The van der Waals surface area contributed by atoms with Crippen molar-refractivity contribution in [2.45, 2.75) is 26.8 Å². The molecule has 0 saturated heterocycles. The Kier molecular flexibility index (Phi) is 5.45. The molecule has 0 atom stereocenters. The molecule has 0 amide bonds. The Balaban J connectivity index is 2.29. The van der Waals surface area contributed by atoms with Crippen molar-refractivity contribution in [3.63, 3.8) is 0 Å². The van der Waals surface area contributed by atoms with Gasteiger partial charge in [-0.3, -0.25) is 0 Å². The topological polar surface area (TPSA) is 21.3 Å². The van der Waals surface area contributed by atoms with E-state index in [0.717, 1.165) is 36.6 Å². The van der Waals surface area contributed by atoms with Crippen LogP contribution in [0.15, 0.2) is 42.5 Å². The van der Waals surface area contributed by atoms with Crippen LogP contribution in [0.25, 0.3) is 0 Å². The fraction of sp³-hybridized carbons (Fsp3) is 0.294. The molecule has 0 heterocycles. The highest BCUT2D eigenvalue weighted by Crippen LogP contribution is 2.30. The standard InChI is InChI=1S/C17H20ClNO/c1-3-13-7-5-6-8-16(13)20-17-11-15(18)10-9-14(17)12-19-4-2/h5-11,19H,3-4,12H2,1-2H3. The van der Waals surface area contributed by atoms with Crippen molar-refractivity contribution in [3.05, 3.63) is 58.6 Å². The molecule has 106 valence electrons. The Morgan fingerprint density at radius 1 is 1.00 bits per heavy atom. The summed E-state index contributed by atoms with van der Waals surface area (Å²) < 4.78 is 6.08. The number of benzene rings is 2. The molecule has 2 rings (SSSR count). The highest BCUT2D eigenvalue weighted by atomic mass is 35.5. The molecular formula is C17H20ClNO. The van der Waals surface area contributed by atoms with Gasteiger partial charge in [0.25, 0.3) is 0 Å². The molecule has 0 saturated carbocycles. The first-order valence-electron chi connectivity index (χ1n) is 6.99. The molecule has 0 spiro atoms. The van der Waals surface area contributed by atoms with E-state index in [0.29, 0.717) is 5.02 Å². The monoisotopic (exact) mass is 289 g/mol. The highest BCUT2D eigenvalue weighted by molar-refractivity contribution is 6.30. The van der Waals surface area contributed by atoms with E-state index in [1.807, 2.05) is 36.4 Å². The second-order valence-corrected chi connectivity index (χ2v) is 5.03. The molecule has 0 unspecified atom stereocenters. The van der Waals surface area contributed by atoms with Crippen molar-refractivity contribution in [1.29, 1.82) is 0 Å². The SMILES string of the molecule is CCNCc1ccc(Cl)cc1Oc1ccccc1CC. The zero-order valence-electron chi connectivity index (χ0n) is 11.9. The van der Waals surface area contributed by atoms with Crippen molar-refractivity contribution in [3.8, 4) is 11.5 Å². The van der Waals surface area contributed by atoms with Gasteiger partial charge in [-0.25, -0.2) is 0 Å². The van der Waals surface area contributed by atoms with Crippen molar-refractivity contribution in [1.82, 2.24) is 5.32 Å². The van der Waals surface area contributed by atoms with Crippen LogP contribution in [0.3, 0.4) is 0 Å². The van der Waals surface area contributed by atoms with Gasteiger partial charge in [-0.2, -0.15) is 0 Å². The van der Waals surface area contributed by atoms with Gasteiger partial charge in [0, 0.05) is 17.1 Å². The summed E-state index contributed by atoms with van der Waals surface area (Å²) in [6.07, 6.45) is 0.944. The van der Waals surface area contributed by atoms with E-state index in [1.54, 1.807) is 0 Å². The van der Waals surface area contributed by atoms with Crippen LogP contribution in [0.5, 0.6) is 11.5 Å². The lowest BCUT2D eigenvalue weighted by Crippen LogP contribution is -2.12. The molecule has 0 aromatic heterocycles. The van der Waals surface area contributed by atoms with Crippen molar-refractivity contribution < 1.29 is 4.74 Å². The van der Waals surface area contributed by atoms with Crippen molar-refractivity contribution >= 4 is 11.6 Å². The largest absolute Gasteiger partial charge is 0.457 e. The molecule has 0 aliphatic carbocycles. The van der Waals surface area contributed by atoms with Gasteiger partial charge in [0.05, 0.1) is 0 Å². The highest BCUT2D eigenvalue weighted by Gasteiger charge is 2.08. The van der Waals surface area contributed by atoms with Crippen LogP contribution in [-0.4, -0.2) is 6.54 Å². The van der Waals surface area contributed by atoms with Gasteiger partial charge in [-0.05, 0) is 36.7 Å². The lowest BCUT2D eigenvalue weighted by atomic mass is 10.1. The molecule has 1 N–H and O–H groups in total. The average molecular weight is 290 g/mol. The number of halogens is 1. The molecule has 0 bridgehead atoms. The third-order valence-electron chi connectivity index (χ3n) is 3.17. The molecule has 3 heteroatoms. The zero-order valence-corrected chi connectivity index (χ0v) is 12.7. The molecule has 0 fully saturated rings. The molecule has 20 heavy (non-hydrogen) atoms. The van der Waals surface area contributed by atoms with Crippen LogP contribution < -0.4 is 10.1 Å². The van der Waals surface area contributed by atoms with Crippen molar-refractivity contribution in [2.24, 2.45) is 0 Å². The Morgan fingerprint density at radius 2 is 1.80 bits per heavy atom. The number of aryl methyl sites for hydroxylation is 1. The van der Waals surface area contributed by atoms with Gasteiger partial charge in [0.2, 0.25) is 0 Å². The van der Waals surface area contributed by atoms with E-state index in [9.17, 15) is 0 Å². The Morgan fingerprint density at radius 3 is 2.55 bits per heavy atom. The molecular weight excluding hydrogens is 270 g/mol. The fourth-order valence-corrected chi connectivity index (χ4v) is 2.21. The third-order valence-corrected chi connectivity index (χ3v) is 3.40. The number of hydrogen-bond donors (Lipinski definition) is 1. The first-order chi connectivity index (χ1) is 9.74. The van der Waals surface area contributed by atoms with Gasteiger partial charge < -0.3 is 10.1 Å². The van der Waals surface area contributed by atoms with Gasteiger partial charge in [0.1, 0.15) is 11.5 Å². The molecule has 0 aliphatic rings. The summed E-state index contributed by atoms with van der Waals surface area (Å²) in [5, 5.41) is 4.00. The van der Waals surface area contributed by atoms with E-state index in [4.69, 9.17) is 16.3 Å². The number of para-hydroxylation sites is 1. The van der Waals surface area contributed by atoms with Gasteiger partial charge in [-0.15, -0.1) is 0 Å². The average Bonchev–Trinajstić information content (AvgIpc) is 2.47. The molecule has 2 aromatic rings. The number of ether oxygens (including phenoxy) is 1. The number of hydrogen-bond acceptors (Lipinski definition) is 2. The minimum Gasteiger partial charge on any atom is -0.457 e. The van der Waals surface area contributed by atoms with Crippen LogP contribution >= 0.6 is 11.6 Å². The maximum atomic E-state index is 6.09. The van der Waals surface area contributed by atoms with Crippen LogP contribution in [-0.2, 0) is 13.0 Å². The summed E-state index contributed by atoms with van der Waals surface area (Å²) in [5.41, 5.74) is 2.31. The third kappa shape index (κ3) is 3.75. The van der Waals surface area contributed by atoms with E-state index < -0.39 is 0 Å².